The summed E-state index contributed by atoms with van der Waals surface area (Å²) in [6, 6.07) is 8.12. The molecule has 0 aliphatic carbocycles. The summed E-state index contributed by atoms with van der Waals surface area (Å²) in [6.07, 6.45) is 4.90. The molecule has 22 heavy (non-hydrogen) atoms. The molecule has 4 heteroatoms. The molecular weight excluding hydrogens is 276 g/mol. The molecule has 0 aliphatic heterocycles. The molecule has 0 bridgehead atoms. The molecular formula is C18H26N2O2. The van der Waals surface area contributed by atoms with Crippen molar-refractivity contribution >= 4 is 16.8 Å². The lowest BCUT2D eigenvalue weighted by Crippen LogP contribution is -2.39. The number of aromatic nitrogens is 1. The molecule has 120 valence electrons. The Labute approximate surface area is 131 Å². The summed E-state index contributed by atoms with van der Waals surface area (Å²) in [7, 11) is 0. The molecule has 1 amide bonds. The Hall–Kier alpha value is -1.81. The van der Waals surface area contributed by atoms with Crippen LogP contribution in [0.15, 0.2) is 30.5 Å². The lowest BCUT2D eigenvalue weighted by Gasteiger charge is -2.29. The first-order chi connectivity index (χ1) is 10.6. The standard InChI is InChI=1S/C18H26N2O2/c1-3-18(4-2,13-21)12-20-17(22)10-9-14-11-19-16-8-6-5-7-15(14)16/h5-8,11,19,21H,3-4,9-10,12-13H2,1-2H3,(H,20,22). The van der Waals surface area contributed by atoms with Crippen molar-refractivity contribution in [2.45, 2.75) is 39.5 Å². The summed E-state index contributed by atoms with van der Waals surface area (Å²) in [5.74, 6) is 0.0463. The highest BCUT2D eigenvalue weighted by atomic mass is 16.3. The van der Waals surface area contributed by atoms with Crippen LogP contribution in [0.3, 0.4) is 0 Å². The Morgan fingerprint density at radius 3 is 2.68 bits per heavy atom. The number of carbonyl (C=O) groups excluding carboxylic acids is 1. The molecule has 2 aromatic rings. The summed E-state index contributed by atoms with van der Waals surface area (Å²) in [5, 5.41) is 13.7. The fourth-order valence-electron chi connectivity index (χ4n) is 2.74. The molecule has 1 aromatic carbocycles. The van der Waals surface area contributed by atoms with Crippen LogP contribution in [0.25, 0.3) is 10.9 Å². The number of fused-ring (bicyclic) bond motifs is 1. The number of aromatic amines is 1. The van der Waals surface area contributed by atoms with E-state index in [4.69, 9.17) is 0 Å². The van der Waals surface area contributed by atoms with Crippen molar-refractivity contribution in [2.24, 2.45) is 5.41 Å². The minimum absolute atomic E-state index is 0.0463. The molecule has 0 saturated carbocycles. The van der Waals surface area contributed by atoms with Crippen molar-refractivity contribution in [1.29, 1.82) is 0 Å². The molecule has 4 nitrogen and oxygen atoms in total. The molecule has 0 aliphatic rings. The number of para-hydroxylation sites is 1. The van der Waals surface area contributed by atoms with E-state index in [-0.39, 0.29) is 17.9 Å². The van der Waals surface area contributed by atoms with Crippen molar-refractivity contribution in [3.63, 3.8) is 0 Å². The van der Waals surface area contributed by atoms with E-state index in [1.54, 1.807) is 0 Å². The first-order valence-corrected chi connectivity index (χ1v) is 8.06. The van der Waals surface area contributed by atoms with Crippen LogP contribution in [0.2, 0.25) is 0 Å². The normalized spacial score (nSPS) is 11.8. The topological polar surface area (TPSA) is 65.1 Å². The van der Waals surface area contributed by atoms with Gasteiger partial charge in [-0.3, -0.25) is 4.79 Å². The van der Waals surface area contributed by atoms with Crippen LogP contribution in [0, 0.1) is 5.41 Å². The maximum absolute atomic E-state index is 12.1. The fourth-order valence-corrected chi connectivity index (χ4v) is 2.74. The van der Waals surface area contributed by atoms with E-state index in [1.165, 1.54) is 10.9 Å². The van der Waals surface area contributed by atoms with E-state index in [9.17, 15) is 9.90 Å². The van der Waals surface area contributed by atoms with E-state index in [0.717, 1.165) is 24.8 Å². The second-order valence-electron chi connectivity index (χ2n) is 6.00. The van der Waals surface area contributed by atoms with Crippen LogP contribution in [-0.4, -0.2) is 29.1 Å². The number of aliphatic hydroxyl groups is 1. The summed E-state index contributed by atoms with van der Waals surface area (Å²) in [6.45, 7) is 4.77. The highest BCUT2D eigenvalue weighted by molar-refractivity contribution is 5.84. The highest BCUT2D eigenvalue weighted by Crippen LogP contribution is 2.24. The van der Waals surface area contributed by atoms with Gasteiger partial charge >= 0.3 is 0 Å². The number of benzene rings is 1. The minimum Gasteiger partial charge on any atom is -0.396 e. The predicted octanol–water partition coefficient (Wildman–Crippen LogP) is 3.02. The van der Waals surface area contributed by atoms with Crippen molar-refractivity contribution in [2.75, 3.05) is 13.2 Å². The van der Waals surface area contributed by atoms with Crippen LogP contribution >= 0.6 is 0 Å². The number of nitrogens with one attached hydrogen (secondary N) is 2. The lowest BCUT2D eigenvalue weighted by atomic mass is 9.83. The van der Waals surface area contributed by atoms with Gasteiger partial charge in [-0.15, -0.1) is 0 Å². The highest BCUT2D eigenvalue weighted by Gasteiger charge is 2.25. The number of amides is 1. The number of carbonyl (C=O) groups is 1. The van der Waals surface area contributed by atoms with Crippen molar-refractivity contribution in [3.8, 4) is 0 Å². The number of H-pyrrole nitrogens is 1. The van der Waals surface area contributed by atoms with Gasteiger partial charge in [-0.1, -0.05) is 32.0 Å². The Morgan fingerprint density at radius 2 is 2.00 bits per heavy atom. The van der Waals surface area contributed by atoms with Crippen molar-refractivity contribution in [1.82, 2.24) is 10.3 Å². The van der Waals surface area contributed by atoms with Gasteiger partial charge in [0.2, 0.25) is 5.91 Å². The predicted molar refractivity (Wildman–Crippen MR) is 89.7 cm³/mol. The van der Waals surface area contributed by atoms with Crippen LogP contribution in [0.1, 0.15) is 38.7 Å². The van der Waals surface area contributed by atoms with E-state index in [1.807, 2.05) is 24.4 Å². The maximum atomic E-state index is 12.1. The zero-order valence-corrected chi connectivity index (χ0v) is 13.5. The summed E-state index contributed by atoms with van der Waals surface area (Å²) >= 11 is 0. The Bertz CT molecular complexity index is 606. The van der Waals surface area contributed by atoms with Crippen LogP contribution in [0.5, 0.6) is 0 Å². The van der Waals surface area contributed by atoms with E-state index in [0.29, 0.717) is 13.0 Å². The number of hydrogen-bond donors (Lipinski definition) is 3. The number of aryl methyl sites for hydroxylation is 1. The van der Waals surface area contributed by atoms with Gasteiger partial charge in [0.15, 0.2) is 0 Å². The second-order valence-corrected chi connectivity index (χ2v) is 6.00. The van der Waals surface area contributed by atoms with Crippen LogP contribution in [0.4, 0.5) is 0 Å². The third-order valence-corrected chi connectivity index (χ3v) is 4.79. The van der Waals surface area contributed by atoms with E-state index < -0.39 is 0 Å². The van der Waals surface area contributed by atoms with Crippen molar-refractivity contribution in [3.05, 3.63) is 36.0 Å². The van der Waals surface area contributed by atoms with E-state index >= 15 is 0 Å². The van der Waals surface area contributed by atoms with Crippen molar-refractivity contribution < 1.29 is 9.90 Å². The Morgan fingerprint density at radius 1 is 1.27 bits per heavy atom. The summed E-state index contributed by atoms with van der Waals surface area (Å²) in [5.41, 5.74) is 2.09. The smallest absolute Gasteiger partial charge is 0.220 e. The molecule has 3 N–H and O–H groups in total. The molecule has 0 saturated heterocycles. The molecule has 0 unspecified atom stereocenters. The first kappa shape index (κ1) is 16.6. The largest absolute Gasteiger partial charge is 0.396 e. The quantitative estimate of drug-likeness (QED) is 0.702. The van der Waals surface area contributed by atoms with Gasteiger partial charge in [-0.2, -0.15) is 0 Å². The van der Waals surface area contributed by atoms with Gasteiger partial charge in [0.1, 0.15) is 0 Å². The third-order valence-electron chi connectivity index (χ3n) is 4.79. The van der Waals surface area contributed by atoms with Gasteiger partial charge in [0.05, 0.1) is 6.61 Å². The number of rotatable bonds is 8. The average molecular weight is 302 g/mol. The SMILES string of the molecule is CCC(CC)(CO)CNC(=O)CCc1c[nH]c2ccccc12. The average Bonchev–Trinajstić information content (AvgIpc) is 2.98. The molecule has 2 rings (SSSR count). The fraction of sp³-hybridized carbons (Fsp3) is 0.500. The molecule has 1 aromatic heterocycles. The summed E-state index contributed by atoms with van der Waals surface area (Å²) < 4.78 is 0. The van der Waals surface area contributed by atoms with Gasteiger partial charge in [0, 0.05) is 35.5 Å². The maximum Gasteiger partial charge on any atom is 0.220 e. The zero-order valence-electron chi connectivity index (χ0n) is 13.5. The Kier molecular flexibility index (Phi) is 5.61. The molecule has 1 heterocycles. The monoisotopic (exact) mass is 302 g/mol. The first-order valence-electron chi connectivity index (χ1n) is 8.06. The van der Waals surface area contributed by atoms with Crippen LogP contribution in [-0.2, 0) is 11.2 Å². The van der Waals surface area contributed by atoms with Gasteiger partial charge in [0.25, 0.3) is 0 Å². The third kappa shape index (κ3) is 3.69. The molecule has 0 radical (unpaired) electrons. The minimum atomic E-state index is -0.184. The van der Waals surface area contributed by atoms with Gasteiger partial charge in [-0.05, 0) is 30.9 Å². The Balaban J connectivity index is 1.88. The lowest BCUT2D eigenvalue weighted by molar-refractivity contribution is -0.121. The molecule has 0 atom stereocenters. The van der Waals surface area contributed by atoms with Crippen LogP contribution < -0.4 is 5.32 Å². The molecule has 0 spiro atoms. The van der Waals surface area contributed by atoms with E-state index in [2.05, 4.69) is 30.2 Å². The van der Waals surface area contributed by atoms with Gasteiger partial charge in [-0.25, -0.2) is 0 Å². The number of aliphatic hydroxyl groups excluding tert-OH is 1. The zero-order chi connectivity index (χ0) is 16.0. The second kappa shape index (κ2) is 7.45. The summed E-state index contributed by atoms with van der Waals surface area (Å²) in [4.78, 5) is 15.3. The molecule has 0 fully saturated rings. The number of hydrogen-bond acceptors (Lipinski definition) is 2. The van der Waals surface area contributed by atoms with Gasteiger partial charge < -0.3 is 15.4 Å².